The van der Waals surface area contributed by atoms with Crippen molar-refractivity contribution in [1.82, 2.24) is 0 Å². The van der Waals surface area contributed by atoms with Gasteiger partial charge in [-0.05, 0) is 12.1 Å². The highest BCUT2D eigenvalue weighted by molar-refractivity contribution is 6.61. The van der Waals surface area contributed by atoms with Crippen LogP contribution in [0.25, 0.3) is 0 Å². The summed E-state index contributed by atoms with van der Waals surface area (Å²) >= 11 is 5.03. The van der Waals surface area contributed by atoms with Gasteiger partial charge in [-0.2, -0.15) is 0 Å². The Bertz CT molecular complexity index is 368. The van der Waals surface area contributed by atoms with Gasteiger partial charge in [0.2, 0.25) is 0 Å². The van der Waals surface area contributed by atoms with Crippen LogP contribution in [0.3, 0.4) is 0 Å². The van der Waals surface area contributed by atoms with Gasteiger partial charge < -0.3 is 9.47 Å². The highest BCUT2D eigenvalue weighted by atomic mass is 35.5. The first-order valence-electron chi connectivity index (χ1n) is 3.76. The number of ether oxygens (including phenoxy) is 2. The molecule has 0 bridgehead atoms. The highest BCUT2D eigenvalue weighted by Crippen LogP contribution is 2.19. The topological polar surface area (TPSA) is 35.5 Å². The third-order valence-corrected chi connectivity index (χ3v) is 1.40. The fraction of sp³-hybridized carbons (Fsp3) is 0.100. The predicted molar refractivity (Wildman–Crippen MR) is 52.6 cm³/mol. The number of rotatable bonds is 3. The monoisotopic (exact) mass is 210 g/mol. The number of hydrogen-bond donors (Lipinski definition) is 0. The largest absolute Gasteiger partial charge is 0.481 e. The molecule has 0 heterocycles. The van der Waals surface area contributed by atoms with Gasteiger partial charge in [0.1, 0.15) is 18.1 Å². The van der Waals surface area contributed by atoms with Crippen LogP contribution >= 0.6 is 11.6 Å². The molecule has 0 aliphatic rings. The summed E-state index contributed by atoms with van der Waals surface area (Å²) in [4.78, 5) is 10.4. The predicted octanol–water partition coefficient (Wildman–Crippen LogP) is 2.44. The van der Waals surface area contributed by atoms with Crippen molar-refractivity contribution in [2.45, 2.75) is 0 Å². The van der Waals surface area contributed by atoms with Gasteiger partial charge in [0.05, 0.1) is 0 Å². The lowest BCUT2D eigenvalue weighted by Gasteiger charge is -2.03. The minimum absolute atomic E-state index is 0.165. The molecule has 4 heteroatoms. The first-order chi connectivity index (χ1) is 6.72. The highest BCUT2D eigenvalue weighted by Gasteiger charge is 2.01. The first kappa shape index (κ1) is 10.4. The zero-order valence-corrected chi connectivity index (χ0v) is 7.95. The third-order valence-electron chi connectivity index (χ3n) is 1.33. The van der Waals surface area contributed by atoms with Crippen LogP contribution < -0.4 is 9.47 Å². The van der Waals surface area contributed by atoms with Crippen molar-refractivity contribution in [3.8, 4) is 23.8 Å². The molecule has 0 spiro atoms. The number of carbonyl (C=O) groups excluding carboxylic acids is 1. The van der Waals surface area contributed by atoms with Gasteiger partial charge in [-0.3, -0.25) is 0 Å². The number of carbonyl (C=O) groups is 1. The zero-order valence-electron chi connectivity index (χ0n) is 7.20. The molecule has 1 rings (SSSR count). The summed E-state index contributed by atoms with van der Waals surface area (Å²) in [5, 5.41) is 0. The Labute approximate surface area is 86.6 Å². The van der Waals surface area contributed by atoms with Crippen LogP contribution in [0.2, 0.25) is 0 Å². The summed E-state index contributed by atoms with van der Waals surface area (Å²) in [6, 6.07) is 6.48. The molecular formula is C10H7ClO3. The van der Waals surface area contributed by atoms with E-state index in [0.717, 1.165) is 0 Å². The Balaban J connectivity index is 2.69. The standard InChI is InChI=1S/C10H7ClO3/c1-2-6-13-8-4-3-5-9(7-8)14-10(11)12/h1,3-5,7H,6H2. The lowest BCUT2D eigenvalue weighted by Crippen LogP contribution is -1.97. The summed E-state index contributed by atoms with van der Waals surface area (Å²) in [5.41, 5.74) is -0.890. The van der Waals surface area contributed by atoms with E-state index in [1.165, 1.54) is 6.07 Å². The van der Waals surface area contributed by atoms with Crippen LogP contribution in [0, 0.1) is 12.3 Å². The number of hydrogen-bond acceptors (Lipinski definition) is 3. The van der Waals surface area contributed by atoms with E-state index in [0.29, 0.717) is 11.5 Å². The quantitative estimate of drug-likeness (QED) is 0.568. The van der Waals surface area contributed by atoms with Crippen molar-refractivity contribution in [3.05, 3.63) is 24.3 Å². The second-order valence-corrected chi connectivity index (χ2v) is 2.62. The third kappa shape index (κ3) is 3.38. The van der Waals surface area contributed by atoms with Gasteiger partial charge in [-0.15, -0.1) is 6.42 Å². The van der Waals surface area contributed by atoms with Crippen molar-refractivity contribution in [2.24, 2.45) is 0 Å². The minimum atomic E-state index is -0.890. The molecule has 72 valence electrons. The average Bonchev–Trinajstić information content (AvgIpc) is 2.14. The van der Waals surface area contributed by atoms with E-state index >= 15 is 0 Å². The maximum atomic E-state index is 10.4. The fourth-order valence-corrected chi connectivity index (χ4v) is 0.934. The van der Waals surface area contributed by atoms with E-state index < -0.39 is 5.43 Å². The Morgan fingerprint density at radius 2 is 2.21 bits per heavy atom. The van der Waals surface area contributed by atoms with Crippen molar-refractivity contribution in [3.63, 3.8) is 0 Å². The van der Waals surface area contributed by atoms with Gasteiger partial charge >= 0.3 is 5.43 Å². The molecule has 1 aromatic rings. The lowest BCUT2D eigenvalue weighted by atomic mass is 10.3. The lowest BCUT2D eigenvalue weighted by molar-refractivity contribution is 0.225. The van der Waals surface area contributed by atoms with Gasteiger partial charge in [0.15, 0.2) is 0 Å². The first-order valence-corrected chi connectivity index (χ1v) is 4.14. The van der Waals surface area contributed by atoms with Crippen LogP contribution in [-0.4, -0.2) is 12.0 Å². The molecule has 0 saturated carbocycles. The van der Waals surface area contributed by atoms with Crippen molar-refractivity contribution < 1.29 is 14.3 Å². The summed E-state index contributed by atoms with van der Waals surface area (Å²) in [6.45, 7) is 0.165. The van der Waals surface area contributed by atoms with E-state index in [-0.39, 0.29) is 6.61 Å². The molecule has 0 aromatic heterocycles. The Kier molecular flexibility index (Phi) is 3.84. The van der Waals surface area contributed by atoms with Crippen molar-refractivity contribution in [2.75, 3.05) is 6.61 Å². The minimum Gasteiger partial charge on any atom is -0.481 e. The molecule has 0 aliphatic carbocycles. The Morgan fingerprint density at radius 1 is 1.50 bits per heavy atom. The van der Waals surface area contributed by atoms with Gasteiger partial charge in [-0.25, -0.2) is 4.79 Å². The zero-order chi connectivity index (χ0) is 10.4. The van der Waals surface area contributed by atoms with E-state index in [9.17, 15) is 4.79 Å². The normalized spacial score (nSPS) is 8.86. The molecule has 0 radical (unpaired) electrons. The van der Waals surface area contributed by atoms with Crippen LogP contribution in [-0.2, 0) is 0 Å². The number of benzene rings is 1. The second kappa shape index (κ2) is 5.15. The van der Waals surface area contributed by atoms with E-state index in [1.807, 2.05) is 0 Å². The van der Waals surface area contributed by atoms with Gasteiger partial charge in [0, 0.05) is 17.7 Å². The van der Waals surface area contributed by atoms with Gasteiger partial charge in [0.25, 0.3) is 0 Å². The van der Waals surface area contributed by atoms with Gasteiger partial charge in [-0.1, -0.05) is 12.0 Å². The van der Waals surface area contributed by atoms with Crippen LogP contribution in [0.5, 0.6) is 11.5 Å². The molecule has 0 N–H and O–H groups in total. The molecule has 0 amide bonds. The smallest absolute Gasteiger partial charge is 0.409 e. The second-order valence-electron chi connectivity index (χ2n) is 2.31. The summed E-state index contributed by atoms with van der Waals surface area (Å²) in [7, 11) is 0. The fourth-order valence-electron chi connectivity index (χ4n) is 0.845. The van der Waals surface area contributed by atoms with Crippen LogP contribution in [0.1, 0.15) is 0 Å². The summed E-state index contributed by atoms with van der Waals surface area (Å²) in [5.74, 6) is 3.17. The molecular weight excluding hydrogens is 204 g/mol. The Hall–Kier alpha value is -1.66. The van der Waals surface area contributed by atoms with Crippen molar-refractivity contribution in [1.29, 1.82) is 0 Å². The molecule has 0 fully saturated rings. The molecule has 0 aliphatic heterocycles. The SMILES string of the molecule is C#CCOc1cccc(OC(=O)Cl)c1. The number of terminal acetylenes is 1. The van der Waals surface area contributed by atoms with E-state index in [2.05, 4.69) is 10.7 Å². The van der Waals surface area contributed by atoms with E-state index in [4.69, 9.17) is 22.8 Å². The maximum Gasteiger partial charge on any atom is 0.409 e. The molecule has 1 aromatic carbocycles. The molecule has 14 heavy (non-hydrogen) atoms. The number of halogens is 1. The molecule has 0 atom stereocenters. The molecule has 0 saturated heterocycles. The van der Waals surface area contributed by atoms with Crippen molar-refractivity contribution >= 4 is 17.0 Å². The molecule has 0 unspecified atom stereocenters. The average molecular weight is 211 g/mol. The summed E-state index contributed by atoms with van der Waals surface area (Å²) in [6.07, 6.45) is 5.01. The van der Waals surface area contributed by atoms with E-state index in [1.54, 1.807) is 18.2 Å². The van der Waals surface area contributed by atoms with Crippen LogP contribution in [0.4, 0.5) is 4.79 Å². The molecule has 3 nitrogen and oxygen atoms in total. The summed E-state index contributed by atoms with van der Waals surface area (Å²) < 4.78 is 9.74. The Morgan fingerprint density at radius 3 is 2.86 bits per heavy atom. The van der Waals surface area contributed by atoms with Crippen LogP contribution in [0.15, 0.2) is 24.3 Å². The maximum absolute atomic E-state index is 10.4.